The first-order chi connectivity index (χ1) is 29.1. The van der Waals surface area contributed by atoms with Gasteiger partial charge in [0, 0.05) is 50.0 Å². The first-order valence-electron chi connectivity index (χ1n) is 21.6. The van der Waals surface area contributed by atoms with Crippen LogP contribution in [-0.4, -0.2) is 107 Å². The van der Waals surface area contributed by atoms with E-state index < -0.39 is 6.04 Å². The summed E-state index contributed by atoms with van der Waals surface area (Å²) in [6.07, 6.45) is 9.35. The van der Waals surface area contributed by atoms with Crippen molar-refractivity contribution < 1.29 is 19.1 Å². The first-order valence-corrected chi connectivity index (χ1v) is 21.6. The molecule has 4 saturated heterocycles. The first kappa shape index (κ1) is 41.1. The minimum atomic E-state index is -0.406. The lowest BCUT2D eigenvalue weighted by atomic mass is 9.88. The number of rotatable bonds is 13. The van der Waals surface area contributed by atoms with Gasteiger partial charge in [0.2, 0.25) is 17.8 Å². The van der Waals surface area contributed by atoms with Crippen LogP contribution in [0.2, 0.25) is 0 Å². The fraction of sp³-hybridized carbons (Fsp3) is 0.478. The lowest BCUT2D eigenvalue weighted by molar-refractivity contribution is -0.133. The van der Waals surface area contributed by atoms with Crippen molar-refractivity contribution in [2.24, 2.45) is 5.92 Å². The molecule has 316 valence electrons. The highest BCUT2D eigenvalue weighted by Crippen LogP contribution is 2.32. The summed E-state index contributed by atoms with van der Waals surface area (Å²) in [6, 6.07) is 20.4. The van der Waals surface area contributed by atoms with Crippen molar-refractivity contribution in [3.8, 4) is 11.3 Å². The minimum Gasteiger partial charge on any atom is -0.372 e. The molecule has 8 rings (SSSR count). The lowest BCUT2D eigenvalue weighted by Gasteiger charge is -2.39. The van der Waals surface area contributed by atoms with E-state index in [2.05, 4.69) is 84.4 Å². The molecule has 2 aromatic carbocycles. The van der Waals surface area contributed by atoms with Gasteiger partial charge >= 0.3 is 6.03 Å². The number of urea groups is 1. The van der Waals surface area contributed by atoms with E-state index in [4.69, 9.17) is 9.72 Å². The van der Waals surface area contributed by atoms with Crippen LogP contribution in [0.5, 0.6) is 0 Å². The number of hydrogen-bond donors (Lipinski definition) is 4. The van der Waals surface area contributed by atoms with E-state index in [-0.39, 0.29) is 30.1 Å². The van der Waals surface area contributed by atoms with Crippen LogP contribution in [-0.2, 0) is 20.9 Å². The van der Waals surface area contributed by atoms with E-state index in [9.17, 15) is 14.4 Å². The van der Waals surface area contributed by atoms with Crippen LogP contribution < -0.4 is 26.2 Å². The molecule has 0 radical (unpaired) electrons. The second kappa shape index (κ2) is 18.8. The molecule has 14 nitrogen and oxygen atoms in total. The van der Waals surface area contributed by atoms with Crippen molar-refractivity contribution in [1.29, 1.82) is 0 Å². The number of carbonyl (C=O) groups excluding carboxylic acids is 3. The van der Waals surface area contributed by atoms with Crippen molar-refractivity contribution >= 4 is 41.0 Å². The van der Waals surface area contributed by atoms with Gasteiger partial charge < -0.3 is 35.4 Å². The molecule has 4 aliphatic rings. The van der Waals surface area contributed by atoms with Crippen LogP contribution in [0.15, 0.2) is 73.1 Å². The average molecular weight is 815 g/mol. The van der Waals surface area contributed by atoms with Gasteiger partial charge in [-0.3, -0.25) is 14.9 Å². The summed E-state index contributed by atoms with van der Waals surface area (Å²) in [6.45, 7) is 13.2. The molecule has 4 N–H and O–H groups in total. The lowest BCUT2D eigenvalue weighted by Crippen LogP contribution is -2.58. The SMILES string of the molecule is Cc1cc(-c2ccnc(Nc3ccc(C4CCN(CC5CCN(c6ccc(NC7CCC(=O)NC7=O)cn6)CC5)CC4)cc3)n2)ccc1CNC(=O)N1CC(OC(C)C)C1. The summed E-state index contributed by atoms with van der Waals surface area (Å²) in [5.74, 6) is 2.28. The summed E-state index contributed by atoms with van der Waals surface area (Å²) >= 11 is 0. The predicted octanol–water partition coefficient (Wildman–Crippen LogP) is 6.22. The molecular weight excluding hydrogens is 757 g/mol. The maximum atomic E-state index is 12.6. The standard InChI is InChI=1S/C46H58N10O4/c1-30(2)60-39-28-56(29-39)46(59)49-25-36-5-4-35(24-31(36)3)40-14-19-47-45(52-40)51-37-8-6-33(7-9-37)34-17-20-54(21-18-34)27-32-15-22-55(23-16-32)42-12-10-38(26-48-42)50-41-11-13-43(57)53-44(41)58/h4-10,12,14,19,24,26,30,32,34,39,41,50H,11,13,15-18,20-23,25,27-29H2,1-3H3,(H,49,59)(H,47,51,52)(H,53,57,58). The molecule has 4 aromatic rings. The third-order valence-electron chi connectivity index (χ3n) is 12.3. The highest BCUT2D eigenvalue weighted by atomic mass is 16.5. The number of likely N-dealkylation sites (tertiary alicyclic amines) is 2. The molecular formula is C46H58N10O4. The third-order valence-corrected chi connectivity index (χ3v) is 12.3. The van der Waals surface area contributed by atoms with Crippen LogP contribution in [0.4, 0.5) is 27.9 Å². The fourth-order valence-electron chi connectivity index (χ4n) is 8.81. The number of aromatic nitrogens is 3. The second-order valence-electron chi connectivity index (χ2n) is 17.1. The Balaban J connectivity index is 0.751. The minimum absolute atomic E-state index is 0.0597. The van der Waals surface area contributed by atoms with Gasteiger partial charge in [-0.1, -0.05) is 24.3 Å². The number of anilines is 4. The molecule has 0 spiro atoms. The Morgan fingerprint density at radius 1 is 0.900 bits per heavy atom. The van der Waals surface area contributed by atoms with Gasteiger partial charge in [-0.05, 0) is 131 Å². The number of benzene rings is 2. The Bertz CT molecular complexity index is 2110. The second-order valence-corrected chi connectivity index (χ2v) is 17.1. The quantitative estimate of drug-likeness (QED) is 0.114. The molecule has 1 atom stereocenters. The molecule has 14 heteroatoms. The van der Waals surface area contributed by atoms with E-state index in [1.807, 2.05) is 38.1 Å². The monoisotopic (exact) mass is 814 g/mol. The van der Waals surface area contributed by atoms with Crippen molar-refractivity contribution in [3.05, 3.63) is 89.7 Å². The molecule has 4 fully saturated rings. The Labute approximate surface area is 352 Å². The molecule has 60 heavy (non-hydrogen) atoms. The molecule has 0 saturated carbocycles. The van der Waals surface area contributed by atoms with Crippen molar-refractivity contribution in [2.75, 3.05) is 61.3 Å². The number of piperidine rings is 3. The van der Waals surface area contributed by atoms with Gasteiger partial charge in [0.15, 0.2) is 0 Å². The van der Waals surface area contributed by atoms with Crippen molar-refractivity contribution in [3.63, 3.8) is 0 Å². The number of pyridine rings is 1. The maximum Gasteiger partial charge on any atom is 0.317 e. The number of amides is 4. The number of aryl methyl sites for hydroxylation is 1. The van der Waals surface area contributed by atoms with Gasteiger partial charge in [-0.15, -0.1) is 0 Å². The summed E-state index contributed by atoms with van der Waals surface area (Å²) in [5, 5.41) is 12.1. The Morgan fingerprint density at radius 3 is 2.37 bits per heavy atom. The maximum absolute atomic E-state index is 12.6. The average Bonchev–Trinajstić information content (AvgIpc) is 3.24. The zero-order valence-corrected chi connectivity index (χ0v) is 35.0. The third kappa shape index (κ3) is 10.4. The van der Waals surface area contributed by atoms with Crippen molar-refractivity contribution in [1.82, 2.24) is 35.4 Å². The topological polar surface area (TPSA) is 157 Å². The smallest absolute Gasteiger partial charge is 0.317 e. The summed E-state index contributed by atoms with van der Waals surface area (Å²) in [5.41, 5.74) is 7.13. The highest BCUT2D eigenvalue weighted by molar-refractivity contribution is 6.01. The number of ether oxygens (including phenoxy) is 1. The number of imide groups is 1. The van der Waals surface area contributed by atoms with Crippen LogP contribution in [0.1, 0.15) is 75.0 Å². The molecule has 4 aliphatic heterocycles. The Hall–Kier alpha value is -5.60. The van der Waals surface area contributed by atoms with Crippen LogP contribution in [0, 0.1) is 12.8 Å². The van der Waals surface area contributed by atoms with E-state index in [1.54, 1.807) is 17.3 Å². The Kier molecular flexibility index (Phi) is 12.9. The van der Waals surface area contributed by atoms with Crippen LogP contribution in [0.3, 0.4) is 0 Å². The zero-order valence-electron chi connectivity index (χ0n) is 35.0. The van der Waals surface area contributed by atoms with E-state index >= 15 is 0 Å². The van der Waals surface area contributed by atoms with E-state index in [0.29, 0.717) is 50.3 Å². The molecule has 6 heterocycles. The normalized spacial score (nSPS) is 19.6. The van der Waals surface area contributed by atoms with Gasteiger partial charge in [0.25, 0.3) is 0 Å². The van der Waals surface area contributed by atoms with Crippen LogP contribution in [0.25, 0.3) is 11.3 Å². The van der Waals surface area contributed by atoms with E-state index in [1.165, 1.54) is 5.56 Å². The molecule has 2 aromatic heterocycles. The van der Waals surface area contributed by atoms with Gasteiger partial charge in [0.05, 0.1) is 42.9 Å². The zero-order chi connectivity index (χ0) is 41.6. The molecule has 4 amide bonds. The Morgan fingerprint density at radius 2 is 1.67 bits per heavy atom. The summed E-state index contributed by atoms with van der Waals surface area (Å²) in [4.78, 5) is 57.0. The van der Waals surface area contributed by atoms with E-state index in [0.717, 1.165) is 98.0 Å². The largest absolute Gasteiger partial charge is 0.372 e. The van der Waals surface area contributed by atoms with Gasteiger partial charge in [-0.2, -0.15) is 0 Å². The number of hydrogen-bond acceptors (Lipinski definition) is 11. The molecule has 1 unspecified atom stereocenters. The summed E-state index contributed by atoms with van der Waals surface area (Å²) in [7, 11) is 0. The van der Waals surface area contributed by atoms with Gasteiger partial charge in [0.1, 0.15) is 11.9 Å². The number of nitrogens with zero attached hydrogens (tertiary/aromatic N) is 6. The summed E-state index contributed by atoms with van der Waals surface area (Å²) < 4.78 is 5.77. The number of nitrogens with one attached hydrogen (secondary N) is 4. The highest BCUT2D eigenvalue weighted by Gasteiger charge is 2.32. The molecule has 0 aliphatic carbocycles. The predicted molar refractivity (Wildman–Crippen MR) is 233 cm³/mol. The number of carbonyl (C=O) groups is 3. The van der Waals surface area contributed by atoms with Crippen LogP contribution >= 0.6 is 0 Å². The van der Waals surface area contributed by atoms with Gasteiger partial charge in [-0.25, -0.2) is 19.7 Å². The fourth-order valence-corrected chi connectivity index (χ4v) is 8.81. The molecule has 0 bridgehead atoms. The van der Waals surface area contributed by atoms with Crippen molar-refractivity contribution in [2.45, 2.75) is 90.0 Å².